The second kappa shape index (κ2) is 6.91. The summed E-state index contributed by atoms with van der Waals surface area (Å²) in [4.78, 5) is 0. The number of methoxy groups -OCH3 is 1. The first-order chi connectivity index (χ1) is 10.1. The molecule has 0 bridgehead atoms. The van der Waals surface area contributed by atoms with Crippen molar-refractivity contribution in [3.05, 3.63) is 29.8 Å². The van der Waals surface area contributed by atoms with E-state index in [4.69, 9.17) is 9.94 Å². The lowest BCUT2D eigenvalue weighted by molar-refractivity contribution is 0.199. The van der Waals surface area contributed by atoms with E-state index in [2.05, 4.69) is 5.16 Å². The van der Waals surface area contributed by atoms with Gasteiger partial charge in [0.15, 0.2) is 0 Å². The van der Waals surface area contributed by atoms with Gasteiger partial charge in [0.2, 0.25) is 10.0 Å². The first-order valence-corrected chi connectivity index (χ1v) is 8.51. The Bertz CT molecular complexity index is 613. The number of ether oxygens (including phenoxy) is 1. The smallest absolute Gasteiger partial charge is 0.235 e. The van der Waals surface area contributed by atoms with Crippen molar-refractivity contribution in [3.63, 3.8) is 0 Å². The van der Waals surface area contributed by atoms with Crippen molar-refractivity contribution < 1.29 is 18.4 Å². The number of anilines is 1. The molecule has 1 aromatic carbocycles. The minimum Gasteiger partial charge on any atom is -0.411 e. The minimum absolute atomic E-state index is 0.0424. The van der Waals surface area contributed by atoms with Crippen molar-refractivity contribution in [2.45, 2.75) is 19.3 Å². The van der Waals surface area contributed by atoms with E-state index >= 15 is 0 Å². The zero-order valence-corrected chi connectivity index (χ0v) is 12.8. The first kappa shape index (κ1) is 15.8. The van der Waals surface area contributed by atoms with E-state index in [1.165, 1.54) is 4.31 Å². The molecule has 1 aliphatic heterocycles. The molecule has 1 heterocycles. The summed E-state index contributed by atoms with van der Waals surface area (Å²) in [6, 6.07) is 7.13. The zero-order chi connectivity index (χ0) is 15.3. The molecule has 1 N–H and O–H groups in total. The van der Waals surface area contributed by atoms with Crippen molar-refractivity contribution in [2.75, 3.05) is 30.3 Å². The van der Waals surface area contributed by atoms with E-state index in [0.29, 0.717) is 49.4 Å². The highest BCUT2D eigenvalue weighted by molar-refractivity contribution is 7.92. The summed E-state index contributed by atoms with van der Waals surface area (Å²) < 4.78 is 31.4. The predicted octanol–water partition coefficient (Wildman–Crippen LogP) is 1.83. The molecule has 0 saturated carbocycles. The van der Waals surface area contributed by atoms with E-state index < -0.39 is 10.0 Å². The summed E-state index contributed by atoms with van der Waals surface area (Å²) in [5.41, 5.74) is 1.79. The van der Waals surface area contributed by atoms with Crippen molar-refractivity contribution in [1.82, 2.24) is 0 Å². The molecule has 1 aromatic rings. The van der Waals surface area contributed by atoms with E-state index in [9.17, 15) is 8.42 Å². The molecule has 1 aliphatic rings. The number of para-hydroxylation sites is 1. The molecule has 21 heavy (non-hydrogen) atoms. The maximum absolute atomic E-state index is 12.5. The van der Waals surface area contributed by atoms with Crippen LogP contribution in [0.15, 0.2) is 29.4 Å². The van der Waals surface area contributed by atoms with Crippen LogP contribution in [0.2, 0.25) is 0 Å². The predicted molar refractivity (Wildman–Crippen MR) is 81.6 cm³/mol. The number of fused-ring (bicyclic) bond motifs is 1. The molecular weight excluding hydrogens is 292 g/mol. The molecule has 0 saturated heterocycles. The highest BCUT2D eigenvalue weighted by Gasteiger charge is 2.27. The molecule has 0 fully saturated rings. The molecule has 0 aliphatic carbocycles. The molecule has 0 aromatic heterocycles. The van der Waals surface area contributed by atoms with Gasteiger partial charge in [0, 0.05) is 25.8 Å². The Morgan fingerprint density at radius 3 is 2.86 bits per heavy atom. The van der Waals surface area contributed by atoms with Crippen LogP contribution < -0.4 is 4.31 Å². The molecule has 7 heteroatoms. The molecule has 116 valence electrons. The topological polar surface area (TPSA) is 79.2 Å². The van der Waals surface area contributed by atoms with E-state index in [1.807, 2.05) is 6.07 Å². The fraction of sp³-hybridized carbons (Fsp3) is 0.500. The van der Waals surface area contributed by atoms with Crippen molar-refractivity contribution >= 4 is 21.4 Å². The minimum atomic E-state index is -3.41. The van der Waals surface area contributed by atoms with Gasteiger partial charge in [-0.15, -0.1) is 0 Å². The number of nitrogens with zero attached hydrogens (tertiary/aromatic N) is 2. The summed E-state index contributed by atoms with van der Waals surface area (Å²) in [6.45, 7) is 0.809. The summed E-state index contributed by atoms with van der Waals surface area (Å²) in [5, 5.41) is 12.4. The van der Waals surface area contributed by atoms with Gasteiger partial charge in [0.25, 0.3) is 0 Å². The number of rotatable bonds is 5. The Labute approximate surface area is 125 Å². The number of sulfonamides is 1. The Morgan fingerprint density at radius 1 is 1.38 bits per heavy atom. The second-order valence-electron chi connectivity index (χ2n) is 4.90. The SMILES string of the molecule is COCCCS(=O)(=O)N1CCC/C(=N/O)c2ccccc21. The Balaban J connectivity index is 2.36. The van der Waals surface area contributed by atoms with Gasteiger partial charge in [-0.05, 0) is 25.3 Å². The maximum atomic E-state index is 12.5. The lowest BCUT2D eigenvalue weighted by atomic mass is 10.1. The highest BCUT2D eigenvalue weighted by atomic mass is 32.2. The van der Waals surface area contributed by atoms with Gasteiger partial charge >= 0.3 is 0 Å². The van der Waals surface area contributed by atoms with Crippen LogP contribution in [0.3, 0.4) is 0 Å². The second-order valence-corrected chi connectivity index (χ2v) is 6.91. The van der Waals surface area contributed by atoms with Crippen molar-refractivity contribution in [2.24, 2.45) is 5.16 Å². The normalized spacial score (nSPS) is 17.6. The van der Waals surface area contributed by atoms with Crippen LogP contribution in [-0.4, -0.2) is 45.4 Å². The van der Waals surface area contributed by atoms with Crippen LogP contribution in [-0.2, 0) is 14.8 Å². The molecule has 0 spiro atoms. The van der Waals surface area contributed by atoms with Gasteiger partial charge < -0.3 is 9.94 Å². The van der Waals surface area contributed by atoms with Gasteiger partial charge in [0.05, 0.1) is 17.2 Å². The van der Waals surface area contributed by atoms with Gasteiger partial charge in [-0.25, -0.2) is 8.42 Å². The van der Waals surface area contributed by atoms with E-state index in [0.717, 1.165) is 0 Å². The van der Waals surface area contributed by atoms with Gasteiger partial charge in [-0.1, -0.05) is 23.4 Å². The molecule has 6 nitrogen and oxygen atoms in total. The zero-order valence-electron chi connectivity index (χ0n) is 12.0. The van der Waals surface area contributed by atoms with Crippen LogP contribution in [0.4, 0.5) is 5.69 Å². The van der Waals surface area contributed by atoms with Gasteiger partial charge in [0.1, 0.15) is 0 Å². The largest absolute Gasteiger partial charge is 0.411 e. The maximum Gasteiger partial charge on any atom is 0.235 e. The number of hydrogen-bond donors (Lipinski definition) is 1. The Hall–Kier alpha value is -1.60. The number of hydrogen-bond acceptors (Lipinski definition) is 5. The van der Waals surface area contributed by atoms with Crippen molar-refractivity contribution in [1.29, 1.82) is 0 Å². The van der Waals surface area contributed by atoms with Crippen LogP contribution in [0.25, 0.3) is 0 Å². The third-order valence-electron chi connectivity index (χ3n) is 3.47. The van der Waals surface area contributed by atoms with Crippen LogP contribution >= 0.6 is 0 Å². The quantitative estimate of drug-likeness (QED) is 0.511. The molecule has 2 rings (SSSR count). The fourth-order valence-electron chi connectivity index (χ4n) is 2.47. The lowest BCUT2D eigenvalue weighted by Crippen LogP contribution is -2.34. The highest BCUT2D eigenvalue weighted by Crippen LogP contribution is 2.29. The van der Waals surface area contributed by atoms with Crippen LogP contribution in [0.1, 0.15) is 24.8 Å². The Morgan fingerprint density at radius 2 is 2.14 bits per heavy atom. The Kier molecular flexibility index (Phi) is 5.19. The summed E-state index contributed by atoms with van der Waals surface area (Å²) in [6.07, 6.45) is 1.63. The number of benzene rings is 1. The molecule has 0 radical (unpaired) electrons. The van der Waals surface area contributed by atoms with Gasteiger partial charge in [-0.2, -0.15) is 0 Å². The van der Waals surface area contributed by atoms with Gasteiger partial charge in [-0.3, -0.25) is 4.31 Å². The standard InChI is InChI=1S/C14H20N2O4S/c1-20-10-5-11-21(18,19)16-9-4-7-13(15-17)12-6-2-3-8-14(12)16/h2-3,6,8,17H,4-5,7,9-11H2,1H3/b15-13-. The molecule has 0 atom stereocenters. The number of oxime groups is 1. The summed E-state index contributed by atoms with van der Waals surface area (Å²) >= 11 is 0. The summed E-state index contributed by atoms with van der Waals surface area (Å²) in [5.74, 6) is 0.0424. The monoisotopic (exact) mass is 312 g/mol. The van der Waals surface area contributed by atoms with Crippen molar-refractivity contribution in [3.8, 4) is 0 Å². The molecular formula is C14H20N2O4S. The van der Waals surface area contributed by atoms with Crippen LogP contribution in [0, 0.1) is 0 Å². The fourth-order valence-corrected chi connectivity index (χ4v) is 4.04. The van der Waals surface area contributed by atoms with Crippen LogP contribution in [0.5, 0.6) is 0 Å². The first-order valence-electron chi connectivity index (χ1n) is 6.90. The lowest BCUT2D eigenvalue weighted by Gasteiger charge is -2.24. The van der Waals surface area contributed by atoms with E-state index in [-0.39, 0.29) is 5.75 Å². The average Bonchev–Trinajstić information content (AvgIpc) is 2.67. The molecule has 0 amide bonds. The summed E-state index contributed by atoms with van der Waals surface area (Å²) in [7, 11) is -1.85. The third kappa shape index (κ3) is 3.54. The third-order valence-corrected chi connectivity index (χ3v) is 5.32. The van der Waals surface area contributed by atoms with E-state index in [1.54, 1.807) is 25.3 Å². The average molecular weight is 312 g/mol. The molecule has 0 unspecified atom stereocenters.